The van der Waals surface area contributed by atoms with Gasteiger partial charge < -0.3 is 5.32 Å². The van der Waals surface area contributed by atoms with E-state index >= 15 is 0 Å². The maximum absolute atomic E-state index is 4.92. The second-order valence-corrected chi connectivity index (χ2v) is 7.35. The Bertz CT molecular complexity index is 1130. The van der Waals surface area contributed by atoms with Gasteiger partial charge in [0.15, 0.2) is 0 Å². The van der Waals surface area contributed by atoms with Gasteiger partial charge in [0.1, 0.15) is 32.2 Å². The van der Waals surface area contributed by atoms with Gasteiger partial charge in [-0.1, -0.05) is 18.2 Å². The summed E-state index contributed by atoms with van der Waals surface area (Å²) < 4.78 is 4.09. The molecule has 0 amide bonds. The van der Waals surface area contributed by atoms with E-state index in [2.05, 4.69) is 48.6 Å². The maximum Gasteiger partial charge on any atom is 0.217 e. The summed E-state index contributed by atoms with van der Waals surface area (Å²) in [6.07, 6.45) is 3.33. The van der Waals surface area contributed by atoms with E-state index < -0.39 is 0 Å². The molecule has 0 aliphatic carbocycles. The van der Waals surface area contributed by atoms with Crippen molar-refractivity contribution in [2.75, 3.05) is 23.2 Å². The van der Waals surface area contributed by atoms with Gasteiger partial charge in [-0.05, 0) is 23.6 Å². The number of imidazole rings is 1. The number of guanidine groups is 1. The number of aromatic nitrogens is 5. The summed E-state index contributed by atoms with van der Waals surface area (Å²) >= 11 is 1.73. The van der Waals surface area contributed by atoms with Crippen molar-refractivity contribution in [2.45, 2.75) is 6.17 Å². The zero-order chi connectivity index (χ0) is 17.8. The van der Waals surface area contributed by atoms with Gasteiger partial charge in [-0.25, -0.2) is 14.7 Å². The molecule has 0 unspecified atom stereocenters. The summed E-state index contributed by atoms with van der Waals surface area (Å²) in [5.41, 5.74) is 2.07. The number of hydrogen-bond acceptors (Lipinski definition) is 8. The first-order valence-electron chi connectivity index (χ1n) is 8.57. The number of anilines is 1. The van der Waals surface area contributed by atoms with Crippen molar-refractivity contribution in [1.82, 2.24) is 29.7 Å². The van der Waals surface area contributed by atoms with E-state index in [1.165, 1.54) is 4.88 Å². The van der Waals surface area contributed by atoms with Crippen molar-refractivity contribution in [1.29, 1.82) is 0 Å². The number of nitrogens with one attached hydrogen (secondary N) is 1. The minimum atomic E-state index is -0.0242. The van der Waals surface area contributed by atoms with Crippen molar-refractivity contribution in [2.24, 2.45) is 4.99 Å². The molecule has 0 radical (unpaired) electrons. The van der Waals surface area contributed by atoms with Crippen LogP contribution in [0.2, 0.25) is 0 Å². The average Bonchev–Trinajstić information content (AvgIpc) is 3.47. The molecule has 2 aliphatic heterocycles. The molecule has 0 saturated heterocycles. The van der Waals surface area contributed by atoms with E-state index in [9.17, 15) is 0 Å². The summed E-state index contributed by atoms with van der Waals surface area (Å²) in [5, 5.41) is 15.5. The Labute approximate surface area is 158 Å². The molecule has 134 valence electrons. The van der Waals surface area contributed by atoms with Crippen LogP contribution in [-0.2, 0) is 0 Å². The quantitative estimate of drug-likeness (QED) is 0.571. The van der Waals surface area contributed by atoms with Crippen molar-refractivity contribution in [3.05, 3.63) is 59.3 Å². The van der Waals surface area contributed by atoms with Crippen LogP contribution in [0.1, 0.15) is 11.0 Å². The zero-order valence-electron chi connectivity index (χ0n) is 14.2. The van der Waals surface area contributed by atoms with Crippen LogP contribution in [0.5, 0.6) is 0 Å². The highest BCUT2D eigenvalue weighted by atomic mass is 32.1. The highest BCUT2D eigenvalue weighted by Gasteiger charge is 2.36. The molecule has 0 saturated carbocycles. The molecule has 1 atom stereocenters. The Balaban J connectivity index is 1.52. The molecule has 10 heteroatoms. The Morgan fingerprint density at radius 1 is 1.07 bits per heavy atom. The molecule has 0 spiro atoms. The van der Waals surface area contributed by atoms with E-state index in [-0.39, 0.29) is 6.17 Å². The lowest BCUT2D eigenvalue weighted by Crippen LogP contribution is -2.59. The third-order valence-electron chi connectivity index (χ3n) is 4.83. The summed E-state index contributed by atoms with van der Waals surface area (Å²) in [5.74, 6) is 1.71. The number of rotatable bonds is 2. The SMILES string of the molecule is c1csc([C@@H]2NC3=NCN(n4cnnc4)CN3c3nc4ccccc4n32)c1. The molecule has 0 fully saturated rings. The molecule has 5 heterocycles. The molecule has 1 N–H and O–H groups in total. The normalized spacial score (nSPS) is 18.8. The topological polar surface area (TPSA) is 79.4 Å². The first-order valence-corrected chi connectivity index (χ1v) is 9.45. The molecule has 9 nitrogen and oxygen atoms in total. The van der Waals surface area contributed by atoms with Crippen LogP contribution >= 0.6 is 11.3 Å². The van der Waals surface area contributed by atoms with Gasteiger partial charge in [-0.3, -0.25) is 14.5 Å². The van der Waals surface area contributed by atoms with Crippen molar-refractivity contribution in [3.8, 4) is 0 Å². The number of thiophene rings is 1. The Morgan fingerprint density at radius 2 is 1.96 bits per heavy atom. The smallest absolute Gasteiger partial charge is 0.217 e. The fraction of sp³-hybridized carbons (Fsp3) is 0.176. The van der Waals surface area contributed by atoms with Gasteiger partial charge in [0, 0.05) is 4.88 Å². The predicted octanol–water partition coefficient (Wildman–Crippen LogP) is 1.57. The van der Waals surface area contributed by atoms with Gasteiger partial charge >= 0.3 is 0 Å². The highest BCUT2D eigenvalue weighted by Crippen LogP contribution is 2.34. The largest absolute Gasteiger partial charge is 0.331 e. The Hall–Kier alpha value is -3.40. The minimum absolute atomic E-state index is 0.0242. The zero-order valence-corrected chi connectivity index (χ0v) is 15.0. The molecule has 1 aromatic carbocycles. The number of fused-ring (bicyclic) bond motifs is 5. The van der Waals surface area contributed by atoms with Crippen LogP contribution in [0, 0.1) is 0 Å². The Morgan fingerprint density at radius 3 is 2.81 bits per heavy atom. The summed E-state index contributed by atoms with van der Waals surface area (Å²) in [7, 11) is 0. The lowest BCUT2D eigenvalue weighted by atomic mass is 10.3. The van der Waals surface area contributed by atoms with Crippen molar-refractivity contribution < 1.29 is 0 Å². The number of benzene rings is 1. The van der Waals surface area contributed by atoms with E-state index in [1.807, 2.05) is 27.9 Å². The standard InChI is InChI=1S/C17H15N9S/c1-2-5-13-12(4-1)21-17-25-11-24(23-9-19-20-10-23)8-18-16(25)22-15(26(13)17)14-6-3-7-27-14/h1-7,9-10,15H,8,11H2,(H,18,22)/t15-/m1/s1. The van der Waals surface area contributed by atoms with E-state index in [4.69, 9.17) is 9.98 Å². The number of para-hydroxylation sites is 2. The molecule has 2 aliphatic rings. The summed E-state index contributed by atoms with van der Waals surface area (Å²) in [4.78, 5) is 13.0. The molecular weight excluding hydrogens is 362 g/mol. The second kappa shape index (κ2) is 5.55. The van der Waals surface area contributed by atoms with Crippen LogP contribution in [0.3, 0.4) is 0 Å². The molecule has 0 bridgehead atoms. The third kappa shape index (κ3) is 2.16. The van der Waals surface area contributed by atoms with Gasteiger partial charge in [-0.15, -0.1) is 21.5 Å². The van der Waals surface area contributed by atoms with Gasteiger partial charge in [0.05, 0.1) is 11.0 Å². The van der Waals surface area contributed by atoms with Crippen LogP contribution in [-0.4, -0.2) is 43.7 Å². The summed E-state index contributed by atoms with van der Waals surface area (Å²) in [6.45, 7) is 1.12. The molecule has 3 aromatic heterocycles. The fourth-order valence-electron chi connectivity index (χ4n) is 3.59. The number of nitrogens with zero attached hydrogens (tertiary/aromatic N) is 8. The van der Waals surface area contributed by atoms with Crippen molar-refractivity contribution in [3.63, 3.8) is 0 Å². The maximum atomic E-state index is 4.92. The number of aliphatic imine (C=N–C) groups is 1. The molecular formula is C17H15N9S. The van der Waals surface area contributed by atoms with Crippen LogP contribution in [0.25, 0.3) is 11.0 Å². The lowest BCUT2D eigenvalue weighted by molar-refractivity contribution is 0.499. The van der Waals surface area contributed by atoms with Crippen molar-refractivity contribution >= 4 is 34.3 Å². The van der Waals surface area contributed by atoms with E-state index in [0.29, 0.717) is 13.3 Å². The number of hydrogen-bond donors (Lipinski definition) is 1. The highest BCUT2D eigenvalue weighted by molar-refractivity contribution is 7.10. The molecule has 27 heavy (non-hydrogen) atoms. The average molecular weight is 377 g/mol. The monoisotopic (exact) mass is 377 g/mol. The Kier molecular flexibility index (Phi) is 3.03. The van der Waals surface area contributed by atoms with Crippen LogP contribution < -0.4 is 15.2 Å². The van der Waals surface area contributed by atoms with Crippen LogP contribution in [0.4, 0.5) is 5.95 Å². The second-order valence-electron chi connectivity index (χ2n) is 6.37. The summed E-state index contributed by atoms with van der Waals surface area (Å²) in [6, 6.07) is 12.4. The fourth-order valence-corrected chi connectivity index (χ4v) is 4.35. The van der Waals surface area contributed by atoms with Gasteiger partial charge in [-0.2, -0.15) is 0 Å². The van der Waals surface area contributed by atoms with Crippen LogP contribution in [0.15, 0.2) is 59.4 Å². The third-order valence-corrected chi connectivity index (χ3v) is 5.76. The first kappa shape index (κ1) is 14.7. The van der Waals surface area contributed by atoms with E-state index in [0.717, 1.165) is 22.9 Å². The first-order chi connectivity index (χ1) is 13.4. The van der Waals surface area contributed by atoms with Gasteiger partial charge in [0.2, 0.25) is 11.9 Å². The van der Waals surface area contributed by atoms with E-state index in [1.54, 1.807) is 24.0 Å². The predicted molar refractivity (Wildman–Crippen MR) is 103 cm³/mol. The lowest BCUT2D eigenvalue weighted by Gasteiger charge is -2.41. The molecule has 6 rings (SSSR count). The molecule has 4 aromatic rings. The minimum Gasteiger partial charge on any atom is -0.331 e. The van der Waals surface area contributed by atoms with Gasteiger partial charge in [0.25, 0.3) is 0 Å².